The molecule has 0 aromatic heterocycles. The number of hydrogen-bond acceptors (Lipinski definition) is 6. The van der Waals surface area contributed by atoms with Crippen molar-refractivity contribution in [3.05, 3.63) is 161 Å². The van der Waals surface area contributed by atoms with Crippen molar-refractivity contribution in [2.75, 3.05) is 0 Å². The molecule has 0 saturated carbocycles. The number of unbranched alkanes of at least 4 members (excludes halogenated alkanes) is 1. The van der Waals surface area contributed by atoms with Crippen LogP contribution in [-0.2, 0) is 17.4 Å². The molecule has 0 spiro atoms. The highest BCUT2D eigenvalue weighted by molar-refractivity contribution is 7.49. The molecule has 8 nitrogen and oxygen atoms in total. The number of para-hydroxylation sites is 3. The van der Waals surface area contributed by atoms with Crippen molar-refractivity contribution in [1.29, 1.82) is 0 Å². The molecule has 0 aliphatic rings. The van der Waals surface area contributed by atoms with Gasteiger partial charge in [0, 0.05) is 0 Å². The predicted molar refractivity (Wildman–Crippen MR) is 195 cm³/mol. The number of carboxylic acids is 2. The SMILES string of the molecule is CCCCC(CC)Cc1ccc(C(=O)O)c(C(=O)O)c1Cc1ccccc1.O=P(Oc1ccccc1)(Oc1ccccc1)Oc1ccccc1. The van der Waals surface area contributed by atoms with Crippen LogP contribution in [0.4, 0.5) is 0 Å². The Morgan fingerprint density at radius 3 is 1.50 bits per heavy atom. The molecular formula is C41H43O8P. The van der Waals surface area contributed by atoms with Gasteiger partial charge in [0.05, 0.1) is 11.1 Å². The Morgan fingerprint density at radius 1 is 0.640 bits per heavy atom. The molecule has 2 N–H and O–H groups in total. The Hall–Kier alpha value is -5.33. The first-order valence-corrected chi connectivity index (χ1v) is 18.2. The molecule has 0 heterocycles. The fraction of sp³-hybridized carbons (Fsp3) is 0.220. The van der Waals surface area contributed by atoms with Gasteiger partial charge in [0.1, 0.15) is 17.2 Å². The Bertz CT molecular complexity index is 1720. The van der Waals surface area contributed by atoms with E-state index in [1.54, 1.807) is 72.8 Å². The van der Waals surface area contributed by atoms with Gasteiger partial charge in [0.15, 0.2) is 0 Å². The van der Waals surface area contributed by atoms with E-state index >= 15 is 0 Å². The highest BCUT2D eigenvalue weighted by atomic mass is 31.2. The summed E-state index contributed by atoms with van der Waals surface area (Å²) in [5.74, 6) is -0.696. The van der Waals surface area contributed by atoms with Gasteiger partial charge in [-0.3, -0.25) is 0 Å². The van der Waals surface area contributed by atoms with Crippen molar-refractivity contribution in [1.82, 2.24) is 0 Å². The van der Waals surface area contributed by atoms with Crippen LogP contribution >= 0.6 is 7.82 Å². The molecule has 5 aromatic rings. The van der Waals surface area contributed by atoms with Crippen LogP contribution < -0.4 is 13.6 Å². The summed E-state index contributed by atoms with van der Waals surface area (Å²) in [6, 6.07) is 39.2. The number of carboxylic acid groups (broad SMARTS) is 2. The summed E-state index contributed by atoms with van der Waals surface area (Å²) in [4.78, 5) is 23.6. The number of rotatable bonds is 16. The summed E-state index contributed by atoms with van der Waals surface area (Å²) in [7, 11) is -3.89. The average molecular weight is 695 g/mol. The normalized spacial score (nSPS) is 11.4. The number of phosphoric ester groups is 1. The van der Waals surface area contributed by atoms with E-state index in [4.69, 9.17) is 13.6 Å². The second-order valence-corrected chi connectivity index (χ2v) is 13.1. The number of benzene rings is 5. The van der Waals surface area contributed by atoms with Crippen molar-refractivity contribution in [2.24, 2.45) is 5.92 Å². The van der Waals surface area contributed by atoms with E-state index in [9.17, 15) is 24.4 Å². The topological polar surface area (TPSA) is 119 Å². The lowest BCUT2D eigenvalue weighted by Gasteiger charge is -2.20. The lowest BCUT2D eigenvalue weighted by atomic mass is 9.85. The van der Waals surface area contributed by atoms with Crippen LogP contribution in [0.15, 0.2) is 133 Å². The van der Waals surface area contributed by atoms with E-state index in [0.717, 1.165) is 43.2 Å². The smallest absolute Gasteiger partial charge is 0.478 e. The van der Waals surface area contributed by atoms with Gasteiger partial charge >= 0.3 is 19.8 Å². The predicted octanol–water partition coefficient (Wildman–Crippen LogP) is 10.8. The number of hydrogen-bond donors (Lipinski definition) is 2. The summed E-state index contributed by atoms with van der Waals surface area (Å²) in [6.45, 7) is 4.32. The molecule has 0 radical (unpaired) electrons. The first kappa shape index (κ1) is 37.5. The maximum absolute atomic E-state index is 13.1. The minimum absolute atomic E-state index is 0.0748. The molecule has 9 heteroatoms. The van der Waals surface area contributed by atoms with Crippen LogP contribution in [0, 0.1) is 5.92 Å². The third-order valence-electron chi connectivity index (χ3n) is 8.01. The summed E-state index contributed by atoms with van der Waals surface area (Å²) >= 11 is 0. The van der Waals surface area contributed by atoms with Crippen molar-refractivity contribution >= 4 is 19.8 Å². The van der Waals surface area contributed by atoms with Gasteiger partial charge in [-0.25, -0.2) is 9.59 Å². The monoisotopic (exact) mass is 694 g/mol. The Morgan fingerprint density at radius 2 is 1.10 bits per heavy atom. The van der Waals surface area contributed by atoms with Crippen molar-refractivity contribution in [3.63, 3.8) is 0 Å². The molecule has 0 amide bonds. The zero-order chi connectivity index (χ0) is 35.8. The van der Waals surface area contributed by atoms with Crippen molar-refractivity contribution < 1.29 is 37.9 Å². The van der Waals surface area contributed by atoms with Crippen LogP contribution in [0.25, 0.3) is 0 Å². The van der Waals surface area contributed by atoms with Crippen LogP contribution in [0.2, 0.25) is 0 Å². The second kappa shape index (κ2) is 19.0. The van der Waals surface area contributed by atoms with Gasteiger partial charge in [-0.05, 0) is 77.9 Å². The van der Waals surface area contributed by atoms with E-state index in [2.05, 4.69) is 13.8 Å². The summed E-state index contributed by atoms with van der Waals surface area (Å²) in [6.07, 6.45) is 5.59. The maximum atomic E-state index is 13.1. The molecule has 1 atom stereocenters. The van der Waals surface area contributed by atoms with E-state index in [1.165, 1.54) is 6.07 Å². The molecule has 0 bridgehead atoms. The summed E-state index contributed by atoms with van der Waals surface area (Å²) in [5.41, 5.74) is 2.34. The van der Waals surface area contributed by atoms with Gasteiger partial charge in [0.2, 0.25) is 0 Å². The van der Waals surface area contributed by atoms with Gasteiger partial charge in [-0.1, -0.05) is 131 Å². The van der Waals surface area contributed by atoms with Crippen molar-refractivity contribution in [2.45, 2.75) is 52.4 Å². The largest absolute Gasteiger partial charge is 0.647 e. The lowest BCUT2D eigenvalue weighted by Crippen LogP contribution is -2.16. The maximum Gasteiger partial charge on any atom is 0.647 e. The molecule has 50 heavy (non-hydrogen) atoms. The fourth-order valence-electron chi connectivity index (χ4n) is 5.45. The quantitative estimate of drug-likeness (QED) is 0.0980. The molecule has 0 fully saturated rings. The fourth-order valence-corrected chi connectivity index (χ4v) is 6.70. The lowest BCUT2D eigenvalue weighted by molar-refractivity contribution is 0.0650. The number of aromatic carboxylic acids is 2. The molecular weight excluding hydrogens is 651 g/mol. The van der Waals surface area contributed by atoms with E-state index in [-0.39, 0.29) is 11.1 Å². The zero-order valence-electron chi connectivity index (χ0n) is 28.3. The van der Waals surface area contributed by atoms with E-state index < -0.39 is 19.8 Å². The molecule has 260 valence electrons. The second-order valence-electron chi connectivity index (χ2n) is 11.7. The minimum Gasteiger partial charge on any atom is -0.478 e. The van der Waals surface area contributed by atoms with Crippen LogP contribution in [0.3, 0.4) is 0 Å². The zero-order valence-corrected chi connectivity index (χ0v) is 29.2. The highest BCUT2D eigenvalue weighted by Gasteiger charge is 2.33. The molecule has 0 saturated heterocycles. The average Bonchev–Trinajstić information content (AvgIpc) is 3.12. The number of phosphoric acid groups is 1. The standard InChI is InChI=1S/C23H28O4.C18H15O4P/c1-3-5-9-16(4-2)14-18-12-13-19(22(24)25)21(23(26)27)20(18)15-17-10-7-6-8-11-17;19-23(20-16-10-4-1-5-11-16,21-17-12-6-2-7-13-17)22-18-14-8-3-9-15-18/h6-8,10-13,16H,3-5,9,14-15H2,1-2H3,(H,24,25)(H,26,27);1-15H. The van der Waals surface area contributed by atoms with Gasteiger partial charge in [-0.15, -0.1) is 0 Å². The molecule has 0 aliphatic carbocycles. The summed E-state index contributed by atoms with van der Waals surface area (Å²) in [5, 5.41) is 19.2. The van der Waals surface area contributed by atoms with Gasteiger partial charge in [0.25, 0.3) is 0 Å². The third kappa shape index (κ3) is 11.4. The summed E-state index contributed by atoms with van der Waals surface area (Å²) < 4.78 is 29.6. The van der Waals surface area contributed by atoms with Crippen LogP contribution in [-0.4, -0.2) is 22.2 Å². The first-order valence-electron chi connectivity index (χ1n) is 16.7. The molecule has 5 aromatic carbocycles. The van der Waals surface area contributed by atoms with Gasteiger partial charge < -0.3 is 23.8 Å². The molecule has 1 unspecified atom stereocenters. The van der Waals surface area contributed by atoms with Crippen LogP contribution in [0.5, 0.6) is 17.2 Å². The molecule has 0 aliphatic heterocycles. The van der Waals surface area contributed by atoms with Gasteiger partial charge in [-0.2, -0.15) is 4.57 Å². The third-order valence-corrected chi connectivity index (χ3v) is 9.31. The Balaban J connectivity index is 0.000000227. The first-order chi connectivity index (χ1) is 24.2. The minimum atomic E-state index is -3.89. The Labute approximate surface area is 293 Å². The van der Waals surface area contributed by atoms with Crippen molar-refractivity contribution in [3.8, 4) is 17.2 Å². The van der Waals surface area contributed by atoms with E-state index in [1.807, 2.05) is 54.6 Å². The molecule has 5 rings (SSSR count). The Kier molecular flexibility index (Phi) is 14.3. The number of carbonyl (C=O) groups is 2. The van der Waals surface area contributed by atoms with E-state index in [0.29, 0.717) is 35.2 Å². The van der Waals surface area contributed by atoms with Crippen LogP contribution in [0.1, 0.15) is 76.9 Å². The highest BCUT2D eigenvalue weighted by Crippen LogP contribution is 2.49.